The molecule has 0 bridgehead atoms. The number of imidazole rings is 1. The van der Waals surface area contributed by atoms with Gasteiger partial charge in [-0.25, -0.2) is 4.98 Å². The van der Waals surface area contributed by atoms with Gasteiger partial charge < -0.3 is 9.64 Å². The Kier molecular flexibility index (Phi) is 7.42. The second-order valence-electron chi connectivity index (χ2n) is 9.26. The Morgan fingerprint density at radius 2 is 1.70 bits per heavy atom. The maximum absolute atomic E-state index is 13.4. The number of ether oxygens (including phenoxy) is 1. The van der Waals surface area contributed by atoms with Gasteiger partial charge in [0, 0.05) is 36.2 Å². The molecule has 5 rings (SSSR count). The number of carbonyl (C=O) groups excluding carboxylic acids is 2. The number of carbonyl (C=O) groups is 2. The van der Waals surface area contributed by atoms with Crippen molar-refractivity contribution < 1.29 is 14.3 Å². The first-order valence-corrected chi connectivity index (χ1v) is 12.5. The summed E-state index contributed by atoms with van der Waals surface area (Å²) in [5.74, 6) is -0.113. The second kappa shape index (κ2) is 11.2. The zero-order chi connectivity index (χ0) is 25.6. The Balaban J connectivity index is 1.39. The van der Waals surface area contributed by atoms with Crippen molar-refractivity contribution in [3.8, 4) is 16.9 Å². The average Bonchev–Trinajstić information content (AvgIpc) is 3.59. The third kappa shape index (κ3) is 5.95. The normalized spacial score (nSPS) is 14.9. The molecule has 2 amide bonds. The van der Waals surface area contributed by atoms with Crippen molar-refractivity contribution in [1.82, 2.24) is 14.5 Å². The van der Waals surface area contributed by atoms with E-state index in [-0.39, 0.29) is 24.5 Å². The first-order valence-electron chi connectivity index (χ1n) is 12.5. The summed E-state index contributed by atoms with van der Waals surface area (Å²) in [5, 5.41) is 2.95. The third-order valence-electron chi connectivity index (χ3n) is 6.43. The highest BCUT2D eigenvalue weighted by Crippen LogP contribution is 2.24. The molecular weight excluding hydrogens is 464 g/mol. The molecule has 1 aromatic heterocycles. The first-order chi connectivity index (χ1) is 18.1. The van der Waals surface area contributed by atoms with Crippen LogP contribution in [0.5, 0.6) is 0 Å². The quantitative estimate of drug-likeness (QED) is 0.369. The van der Waals surface area contributed by atoms with Crippen LogP contribution >= 0.6 is 0 Å². The number of hydrogen-bond acceptors (Lipinski definition) is 4. The van der Waals surface area contributed by atoms with Crippen LogP contribution in [0.15, 0.2) is 91.1 Å². The molecule has 37 heavy (non-hydrogen) atoms. The van der Waals surface area contributed by atoms with Gasteiger partial charge in [-0.2, -0.15) is 0 Å². The molecule has 1 aliphatic rings. The molecule has 0 unspecified atom stereocenters. The lowest BCUT2D eigenvalue weighted by Gasteiger charge is -2.25. The highest BCUT2D eigenvalue weighted by Gasteiger charge is 2.26. The smallest absolute Gasteiger partial charge is 0.254 e. The van der Waals surface area contributed by atoms with Crippen LogP contribution < -0.4 is 5.32 Å². The van der Waals surface area contributed by atoms with Crippen molar-refractivity contribution in [3.63, 3.8) is 0 Å². The van der Waals surface area contributed by atoms with Crippen LogP contribution in [-0.4, -0.2) is 52.1 Å². The zero-order valence-electron chi connectivity index (χ0n) is 20.8. The van der Waals surface area contributed by atoms with E-state index in [0.717, 1.165) is 35.3 Å². The number of aromatic nitrogens is 2. The van der Waals surface area contributed by atoms with Crippen LogP contribution in [0.3, 0.4) is 0 Å². The minimum Gasteiger partial charge on any atom is -0.376 e. The van der Waals surface area contributed by atoms with Crippen molar-refractivity contribution >= 4 is 17.8 Å². The Morgan fingerprint density at radius 3 is 2.38 bits per heavy atom. The van der Waals surface area contributed by atoms with Crippen LogP contribution in [-0.2, 0) is 9.53 Å². The summed E-state index contributed by atoms with van der Waals surface area (Å²) in [6.07, 6.45) is 3.67. The predicted octanol–water partition coefficient (Wildman–Crippen LogP) is 5.11. The number of benzene rings is 3. The van der Waals surface area contributed by atoms with Crippen molar-refractivity contribution in [2.24, 2.45) is 0 Å². The van der Waals surface area contributed by atoms with Gasteiger partial charge in [-0.15, -0.1) is 0 Å². The minimum absolute atomic E-state index is 0.0711. The highest BCUT2D eigenvalue weighted by molar-refractivity contribution is 5.99. The maximum atomic E-state index is 13.4. The van der Waals surface area contributed by atoms with Gasteiger partial charge in [0.25, 0.3) is 5.91 Å². The van der Waals surface area contributed by atoms with E-state index >= 15 is 0 Å². The first kappa shape index (κ1) is 24.5. The summed E-state index contributed by atoms with van der Waals surface area (Å²) in [6.45, 7) is 2.92. The van der Waals surface area contributed by atoms with E-state index in [2.05, 4.69) is 5.32 Å². The lowest BCUT2D eigenvalue weighted by atomic mass is 10.1. The predicted molar refractivity (Wildman–Crippen MR) is 144 cm³/mol. The second-order valence-corrected chi connectivity index (χ2v) is 9.26. The van der Waals surface area contributed by atoms with Crippen LogP contribution in [0, 0.1) is 6.92 Å². The van der Waals surface area contributed by atoms with Gasteiger partial charge in [-0.1, -0.05) is 66.2 Å². The summed E-state index contributed by atoms with van der Waals surface area (Å²) in [7, 11) is 0. The van der Waals surface area contributed by atoms with Gasteiger partial charge in [0.15, 0.2) is 0 Å². The van der Waals surface area contributed by atoms with Gasteiger partial charge >= 0.3 is 0 Å². The number of nitrogens with one attached hydrogen (secondary N) is 1. The number of amides is 2. The van der Waals surface area contributed by atoms with Crippen molar-refractivity contribution in [2.75, 3.05) is 25.0 Å². The molecule has 0 saturated carbocycles. The molecule has 188 valence electrons. The lowest BCUT2D eigenvalue weighted by molar-refractivity contribution is -0.117. The van der Waals surface area contributed by atoms with E-state index in [1.54, 1.807) is 17.0 Å². The Hall–Kier alpha value is -4.23. The molecule has 0 aliphatic carbocycles. The number of aryl methyl sites for hydroxylation is 1. The van der Waals surface area contributed by atoms with Crippen LogP contribution in [0.2, 0.25) is 0 Å². The fourth-order valence-corrected chi connectivity index (χ4v) is 4.47. The molecule has 3 aromatic carbocycles. The van der Waals surface area contributed by atoms with E-state index in [9.17, 15) is 9.59 Å². The summed E-state index contributed by atoms with van der Waals surface area (Å²) in [4.78, 5) is 33.0. The van der Waals surface area contributed by atoms with E-state index in [1.165, 1.54) is 0 Å². The van der Waals surface area contributed by atoms with Crippen molar-refractivity contribution in [1.29, 1.82) is 0 Å². The molecule has 1 atom stereocenters. The standard InChI is InChI=1S/C30H30N4O3/c1-22-14-16-24(17-15-22)29(36)33(19-26-13-8-18-37-26)21-28(35)32-30-31-27(23-9-4-2-5-10-23)20-34(30)25-11-6-3-7-12-25/h2-7,9-12,14-17,20,26H,8,13,18-19,21H2,1H3,(H,31,32,35)/t26-/m0/s1. The lowest BCUT2D eigenvalue weighted by Crippen LogP contribution is -2.42. The Labute approximate surface area is 216 Å². The fraction of sp³-hybridized carbons (Fsp3) is 0.233. The fourth-order valence-electron chi connectivity index (χ4n) is 4.47. The third-order valence-corrected chi connectivity index (χ3v) is 6.43. The number of hydrogen-bond donors (Lipinski definition) is 1. The van der Waals surface area contributed by atoms with E-state index in [4.69, 9.17) is 9.72 Å². The number of rotatable bonds is 8. The summed E-state index contributed by atoms with van der Waals surface area (Å²) < 4.78 is 7.63. The number of nitrogens with zero attached hydrogens (tertiary/aromatic N) is 3. The SMILES string of the molecule is Cc1ccc(C(=O)N(CC(=O)Nc2nc(-c3ccccc3)cn2-c2ccccc2)C[C@@H]2CCCO2)cc1. The van der Waals surface area contributed by atoms with Gasteiger partial charge in [-0.3, -0.25) is 19.5 Å². The zero-order valence-corrected chi connectivity index (χ0v) is 20.8. The molecular formula is C30H30N4O3. The monoisotopic (exact) mass is 494 g/mol. The molecule has 2 heterocycles. The molecule has 1 N–H and O–H groups in total. The largest absolute Gasteiger partial charge is 0.376 e. The van der Waals surface area contributed by atoms with E-state index in [0.29, 0.717) is 24.7 Å². The summed E-state index contributed by atoms with van der Waals surface area (Å²) in [6, 6.07) is 26.9. The molecule has 0 spiro atoms. The molecule has 7 nitrogen and oxygen atoms in total. The highest BCUT2D eigenvalue weighted by atomic mass is 16.5. The van der Waals surface area contributed by atoms with E-state index < -0.39 is 0 Å². The summed E-state index contributed by atoms with van der Waals surface area (Å²) in [5.41, 5.74) is 4.18. The number of anilines is 1. The molecule has 7 heteroatoms. The molecule has 1 saturated heterocycles. The maximum Gasteiger partial charge on any atom is 0.254 e. The van der Waals surface area contributed by atoms with Gasteiger partial charge in [0.05, 0.1) is 11.8 Å². The molecule has 0 radical (unpaired) electrons. The van der Waals surface area contributed by atoms with E-state index in [1.807, 2.05) is 90.5 Å². The van der Waals surface area contributed by atoms with Crippen LogP contribution in [0.4, 0.5) is 5.95 Å². The Morgan fingerprint density at radius 1 is 1.00 bits per heavy atom. The topological polar surface area (TPSA) is 76.5 Å². The van der Waals surface area contributed by atoms with Gasteiger partial charge in [0.1, 0.15) is 6.54 Å². The van der Waals surface area contributed by atoms with Crippen LogP contribution in [0.25, 0.3) is 16.9 Å². The molecule has 1 aliphatic heterocycles. The van der Waals surface area contributed by atoms with Crippen LogP contribution in [0.1, 0.15) is 28.8 Å². The van der Waals surface area contributed by atoms with Gasteiger partial charge in [0.2, 0.25) is 11.9 Å². The number of para-hydroxylation sites is 1. The summed E-state index contributed by atoms with van der Waals surface area (Å²) >= 11 is 0. The molecule has 1 fully saturated rings. The minimum atomic E-state index is -0.319. The molecule has 4 aromatic rings. The average molecular weight is 495 g/mol. The van der Waals surface area contributed by atoms with Crippen molar-refractivity contribution in [3.05, 3.63) is 102 Å². The van der Waals surface area contributed by atoms with Gasteiger partial charge in [-0.05, 0) is 44.0 Å². The Bertz CT molecular complexity index is 1340. The van der Waals surface area contributed by atoms with Crippen molar-refractivity contribution in [2.45, 2.75) is 25.9 Å².